The summed E-state index contributed by atoms with van der Waals surface area (Å²) in [7, 11) is 1.58. The monoisotopic (exact) mass is 292 g/mol. The fourth-order valence-corrected chi connectivity index (χ4v) is 3.39. The molecule has 1 fully saturated rings. The summed E-state index contributed by atoms with van der Waals surface area (Å²) >= 11 is 0. The van der Waals surface area contributed by atoms with Crippen LogP contribution in [0.1, 0.15) is 50.7 Å². The quantitative estimate of drug-likeness (QED) is 0.843. The first-order valence-electron chi connectivity index (χ1n) is 7.56. The minimum atomic E-state index is -0.789. The van der Waals surface area contributed by atoms with E-state index in [1.54, 1.807) is 13.2 Å². The van der Waals surface area contributed by atoms with Gasteiger partial charge in [0.1, 0.15) is 5.75 Å². The van der Waals surface area contributed by atoms with Crippen molar-refractivity contribution in [3.8, 4) is 5.75 Å². The molecule has 3 unspecified atom stereocenters. The SMILES string of the molecule is CCC1CCC(CC(O)c2cccc(OC)c2)(C(=O)O)C1. The smallest absolute Gasteiger partial charge is 0.309 e. The summed E-state index contributed by atoms with van der Waals surface area (Å²) in [5, 5.41) is 20.1. The van der Waals surface area contributed by atoms with Gasteiger partial charge in [0.05, 0.1) is 18.6 Å². The molecule has 0 amide bonds. The van der Waals surface area contributed by atoms with Gasteiger partial charge in [-0.05, 0) is 49.3 Å². The highest BCUT2D eigenvalue weighted by atomic mass is 16.5. The number of benzene rings is 1. The number of carboxylic acid groups (broad SMARTS) is 1. The van der Waals surface area contributed by atoms with E-state index in [1.807, 2.05) is 18.2 Å². The average molecular weight is 292 g/mol. The summed E-state index contributed by atoms with van der Waals surface area (Å²) in [6.45, 7) is 2.10. The Morgan fingerprint density at radius 2 is 2.29 bits per heavy atom. The fourth-order valence-electron chi connectivity index (χ4n) is 3.39. The summed E-state index contributed by atoms with van der Waals surface area (Å²) < 4.78 is 5.15. The van der Waals surface area contributed by atoms with Crippen molar-refractivity contribution in [2.75, 3.05) is 7.11 Å². The molecule has 0 aliphatic heterocycles. The first kappa shape index (κ1) is 15.8. The van der Waals surface area contributed by atoms with Crippen LogP contribution in [0.25, 0.3) is 0 Å². The van der Waals surface area contributed by atoms with Crippen LogP contribution in [0.3, 0.4) is 0 Å². The van der Waals surface area contributed by atoms with E-state index >= 15 is 0 Å². The number of hydrogen-bond donors (Lipinski definition) is 2. The highest BCUT2D eigenvalue weighted by Crippen LogP contribution is 2.48. The predicted octanol–water partition coefficient (Wildman–Crippen LogP) is 3.40. The van der Waals surface area contributed by atoms with E-state index in [0.717, 1.165) is 18.4 Å². The van der Waals surface area contributed by atoms with Crippen molar-refractivity contribution in [3.63, 3.8) is 0 Å². The van der Waals surface area contributed by atoms with Gasteiger partial charge in [0.15, 0.2) is 0 Å². The average Bonchev–Trinajstić information content (AvgIpc) is 2.92. The molecule has 1 aliphatic carbocycles. The van der Waals surface area contributed by atoms with Crippen molar-refractivity contribution in [2.24, 2.45) is 11.3 Å². The summed E-state index contributed by atoms with van der Waals surface area (Å²) in [6, 6.07) is 7.21. The molecular weight excluding hydrogens is 268 g/mol. The zero-order valence-corrected chi connectivity index (χ0v) is 12.7. The van der Waals surface area contributed by atoms with E-state index < -0.39 is 17.5 Å². The van der Waals surface area contributed by atoms with Crippen LogP contribution in [-0.4, -0.2) is 23.3 Å². The molecule has 2 rings (SSSR count). The van der Waals surface area contributed by atoms with Crippen molar-refractivity contribution in [1.82, 2.24) is 0 Å². The molecule has 0 radical (unpaired) electrons. The molecular formula is C17H24O4. The van der Waals surface area contributed by atoms with Gasteiger partial charge in [-0.1, -0.05) is 25.5 Å². The normalized spacial score (nSPS) is 26.5. The van der Waals surface area contributed by atoms with Crippen LogP contribution >= 0.6 is 0 Å². The molecule has 1 aromatic rings. The van der Waals surface area contributed by atoms with Gasteiger partial charge in [0.25, 0.3) is 0 Å². The molecule has 1 aliphatic rings. The first-order valence-corrected chi connectivity index (χ1v) is 7.56. The summed E-state index contributed by atoms with van der Waals surface area (Å²) in [5.41, 5.74) is -0.0710. The maximum Gasteiger partial charge on any atom is 0.309 e. The van der Waals surface area contributed by atoms with E-state index in [1.165, 1.54) is 0 Å². The van der Waals surface area contributed by atoms with Crippen molar-refractivity contribution in [3.05, 3.63) is 29.8 Å². The summed E-state index contributed by atoms with van der Waals surface area (Å²) in [6.07, 6.45) is 2.76. The molecule has 4 heteroatoms. The number of aliphatic carboxylic acids is 1. The lowest BCUT2D eigenvalue weighted by Gasteiger charge is -2.27. The fraction of sp³-hybridized carbons (Fsp3) is 0.588. The molecule has 1 aromatic carbocycles. The van der Waals surface area contributed by atoms with Gasteiger partial charge in [0.2, 0.25) is 0 Å². The Balaban J connectivity index is 2.15. The maximum atomic E-state index is 11.7. The Morgan fingerprint density at radius 3 is 2.86 bits per heavy atom. The van der Waals surface area contributed by atoms with Crippen LogP contribution in [0.15, 0.2) is 24.3 Å². The van der Waals surface area contributed by atoms with E-state index in [-0.39, 0.29) is 6.42 Å². The first-order chi connectivity index (χ1) is 10.0. The third-order valence-corrected chi connectivity index (χ3v) is 4.80. The van der Waals surface area contributed by atoms with Gasteiger partial charge >= 0.3 is 5.97 Å². The van der Waals surface area contributed by atoms with Crippen molar-refractivity contribution < 1.29 is 19.7 Å². The zero-order valence-electron chi connectivity index (χ0n) is 12.7. The van der Waals surface area contributed by atoms with Crippen LogP contribution in [0, 0.1) is 11.3 Å². The van der Waals surface area contributed by atoms with Crippen molar-refractivity contribution in [2.45, 2.75) is 45.1 Å². The minimum absolute atomic E-state index is 0.270. The van der Waals surface area contributed by atoms with Gasteiger partial charge < -0.3 is 14.9 Å². The number of aliphatic hydroxyl groups excluding tert-OH is 1. The van der Waals surface area contributed by atoms with Gasteiger partial charge in [-0.2, -0.15) is 0 Å². The molecule has 0 bridgehead atoms. The van der Waals surface area contributed by atoms with Crippen molar-refractivity contribution in [1.29, 1.82) is 0 Å². The molecule has 21 heavy (non-hydrogen) atoms. The van der Waals surface area contributed by atoms with E-state index in [0.29, 0.717) is 24.5 Å². The number of aliphatic hydroxyl groups is 1. The zero-order chi connectivity index (χ0) is 15.5. The Hall–Kier alpha value is -1.55. The Morgan fingerprint density at radius 1 is 1.52 bits per heavy atom. The van der Waals surface area contributed by atoms with Gasteiger partial charge in [-0.15, -0.1) is 0 Å². The lowest BCUT2D eigenvalue weighted by atomic mass is 9.78. The van der Waals surface area contributed by atoms with Crippen LogP contribution in [0.5, 0.6) is 5.75 Å². The molecule has 4 nitrogen and oxygen atoms in total. The summed E-state index contributed by atoms with van der Waals surface area (Å²) in [5.74, 6) is 0.354. The molecule has 0 saturated heterocycles. The van der Waals surface area contributed by atoms with Gasteiger partial charge in [-0.25, -0.2) is 0 Å². The largest absolute Gasteiger partial charge is 0.497 e. The number of methoxy groups -OCH3 is 1. The number of carboxylic acids is 1. The second-order valence-electron chi connectivity index (χ2n) is 6.10. The van der Waals surface area contributed by atoms with Crippen molar-refractivity contribution >= 4 is 5.97 Å². The van der Waals surface area contributed by atoms with Gasteiger partial charge in [-0.3, -0.25) is 4.79 Å². The highest BCUT2D eigenvalue weighted by molar-refractivity contribution is 5.75. The number of hydrogen-bond acceptors (Lipinski definition) is 3. The molecule has 0 heterocycles. The lowest BCUT2D eigenvalue weighted by molar-refractivity contribution is -0.151. The number of carbonyl (C=O) groups is 1. The van der Waals surface area contributed by atoms with E-state index in [2.05, 4.69) is 6.92 Å². The van der Waals surface area contributed by atoms with Crippen LogP contribution in [-0.2, 0) is 4.79 Å². The molecule has 3 atom stereocenters. The van der Waals surface area contributed by atoms with Crippen LogP contribution < -0.4 is 4.74 Å². The maximum absolute atomic E-state index is 11.7. The molecule has 2 N–H and O–H groups in total. The van der Waals surface area contributed by atoms with E-state index in [9.17, 15) is 15.0 Å². The Labute approximate surface area is 125 Å². The molecule has 0 aromatic heterocycles. The molecule has 1 saturated carbocycles. The second kappa shape index (κ2) is 6.48. The van der Waals surface area contributed by atoms with Gasteiger partial charge in [0, 0.05) is 0 Å². The Kier molecular flexibility index (Phi) is 4.88. The predicted molar refractivity (Wildman–Crippen MR) is 80.3 cm³/mol. The highest BCUT2D eigenvalue weighted by Gasteiger charge is 2.46. The standard InChI is InChI=1S/C17H24O4/c1-3-12-7-8-17(10-12,16(19)20)11-15(18)13-5-4-6-14(9-13)21-2/h4-6,9,12,15,18H,3,7-8,10-11H2,1-2H3,(H,19,20). The number of ether oxygens (including phenoxy) is 1. The molecule has 116 valence electrons. The third-order valence-electron chi connectivity index (χ3n) is 4.80. The van der Waals surface area contributed by atoms with Crippen LogP contribution in [0.2, 0.25) is 0 Å². The van der Waals surface area contributed by atoms with Crippen LogP contribution in [0.4, 0.5) is 0 Å². The third kappa shape index (κ3) is 3.38. The summed E-state index contributed by atoms with van der Waals surface area (Å²) in [4.78, 5) is 11.7. The minimum Gasteiger partial charge on any atom is -0.497 e. The Bertz CT molecular complexity index is 499. The lowest BCUT2D eigenvalue weighted by Crippen LogP contribution is -2.30. The molecule has 0 spiro atoms. The topological polar surface area (TPSA) is 66.8 Å². The second-order valence-corrected chi connectivity index (χ2v) is 6.10. The van der Waals surface area contributed by atoms with E-state index in [4.69, 9.17) is 4.74 Å². The number of rotatable bonds is 6.